The average molecular weight is 230 g/mol. The van der Waals surface area contributed by atoms with Gasteiger partial charge in [-0.1, -0.05) is 0 Å². The van der Waals surface area contributed by atoms with Gasteiger partial charge in [0.1, 0.15) is 0 Å². The van der Waals surface area contributed by atoms with Crippen molar-refractivity contribution in [3.05, 3.63) is 29.8 Å². The highest BCUT2D eigenvalue weighted by Crippen LogP contribution is 1.98. The van der Waals surface area contributed by atoms with Crippen LogP contribution in [0, 0.1) is 5.95 Å². The Labute approximate surface area is 89.4 Å². The maximum Gasteiger partial charge on any atom is 0.252 e. The minimum absolute atomic E-state index is 0.290. The summed E-state index contributed by atoms with van der Waals surface area (Å²) in [6, 6.07) is 2.47. The molecule has 4 nitrogen and oxygen atoms in total. The van der Waals surface area contributed by atoms with Crippen molar-refractivity contribution in [1.82, 2.24) is 10.3 Å². The molecule has 0 radical (unpaired) electrons. The smallest absolute Gasteiger partial charge is 0.252 e. The summed E-state index contributed by atoms with van der Waals surface area (Å²) < 4.78 is 23.1. The van der Waals surface area contributed by atoms with Crippen LogP contribution >= 0.6 is 0 Å². The van der Waals surface area contributed by atoms with Crippen LogP contribution in [0.4, 0.5) is 4.39 Å². The summed E-state index contributed by atoms with van der Waals surface area (Å²) in [6.07, 6.45) is 2.72. The molecule has 0 bridgehead atoms. The van der Waals surface area contributed by atoms with Gasteiger partial charge in [0.15, 0.2) is 0 Å². The summed E-state index contributed by atoms with van der Waals surface area (Å²) in [5.74, 6) is -0.561. The Morgan fingerprint density at radius 1 is 1.60 bits per heavy atom. The Kier molecular flexibility index (Phi) is 4.36. The number of carbonyl (C=O) groups excluding carboxylic acids is 1. The lowest BCUT2D eigenvalue weighted by Crippen LogP contribution is -2.27. The van der Waals surface area contributed by atoms with Gasteiger partial charge in [0.2, 0.25) is 5.95 Å². The number of nitrogens with one attached hydrogen (secondary N) is 1. The summed E-state index contributed by atoms with van der Waals surface area (Å²) in [4.78, 5) is 14.7. The zero-order valence-corrected chi connectivity index (χ0v) is 9.01. The van der Waals surface area contributed by atoms with Gasteiger partial charge in [-0.3, -0.25) is 9.00 Å². The van der Waals surface area contributed by atoms with Gasteiger partial charge >= 0.3 is 0 Å². The number of nitrogens with zero attached hydrogens (tertiary/aromatic N) is 1. The molecular formula is C9H11FN2O2S. The number of pyridine rings is 1. The Morgan fingerprint density at radius 3 is 2.87 bits per heavy atom. The van der Waals surface area contributed by atoms with Crippen molar-refractivity contribution in [2.24, 2.45) is 0 Å². The molecule has 1 unspecified atom stereocenters. The highest BCUT2D eigenvalue weighted by atomic mass is 32.2. The molecule has 6 heteroatoms. The third-order valence-electron chi connectivity index (χ3n) is 1.66. The molecule has 0 spiro atoms. The minimum Gasteiger partial charge on any atom is -0.351 e. The highest BCUT2D eigenvalue weighted by Gasteiger charge is 2.05. The maximum atomic E-state index is 12.4. The van der Waals surface area contributed by atoms with E-state index >= 15 is 0 Å². The van der Waals surface area contributed by atoms with Crippen molar-refractivity contribution < 1.29 is 13.4 Å². The fourth-order valence-corrected chi connectivity index (χ4v) is 1.31. The van der Waals surface area contributed by atoms with Crippen LogP contribution in [0.1, 0.15) is 10.4 Å². The molecule has 1 atom stereocenters. The molecule has 1 amide bonds. The third-order valence-corrected chi connectivity index (χ3v) is 2.44. The normalized spacial score (nSPS) is 12.1. The topological polar surface area (TPSA) is 59.1 Å². The first-order valence-corrected chi connectivity index (χ1v) is 6.02. The first-order chi connectivity index (χ1) is 7.09. The SMILES string of the molecule is CS(=O)CCNC(=O)c1ccc(F)nc1. The van der Waals surface area contributed by atoms with Crippen LogP contribution in [0.2, 0.25) is 0 Å². The molecule has 1 N–H and O–H groups in total. The van der Waals surface area contributed by atoms with Crippen LogP contribution in [0.5, 0.6) is 0 Å². The van der Waals surface area contributed by atoms with Gasteiger partial charge in [0, 0.05) is 35.5 Å². The van der Waals surface area contributed by atoms with Gasteiger partial charge in [-0.05, 0) is 12.1 Å². The predicted molar refractivity (Wildman–Crippen MR) is 55.5 cm³/mol. The summed E-state index contributed by atoms with van der Waals surface area (Å²) >= 11 is 0. The van der Waals surface area contributed by atoms with Gasteiger partial charge in [-0.15, -0.1) is 0 Å². The van der Waals surface area contributed by atoms with Crippen molar-refractivity contribution >= 4 is 16.7 Å². The summed E-state index contributed by atoms with van der Waals surface area (Å²) in [5, 5.41) is 2.56. The largest absolute Gasteiger partial charge is 0.351 e. The molecule has 1 heterocycles. The zero-order valence-electron chi connectivity index (χ0n) is 8.20. The molecular weight excluding hydrogens is 219 g/mol. The fourth-order valence-electron chi connectivity index (χ4n) is 0.920. The minimum atomic E-state index is -0.932. The van der Waals surface area contributed by atoms with Crippen LogP contribution in [-0.4, -0.2) is 33.7 Å². The zero-order chi connectivity index (χ0) is 11.3. The lowest BCUT2D eigenvalue weighted by atomic mass is 10.3. The van der Waals surface area contributed by atoms with E-state index < -0.39 is 16.7 Å². The Bertz CT molecular complexity index is 367. The van der Waals surface area contributed by atoms with Crippen LogP contribution in [0.3, 0.4) is 0 Å². The molecule has 82 valence electrons. The number of aromatic nitrogens is 1. The molecule has 0 aliphatic carbocycles. The lowest BCUT2D eigenvalue weighted by molar-refractivity contribution is 0.0955. The average Bonchev–Trinajstić information content (AvgIpc) is 2.18. The maximum absolute atomic E-state index is 12.4. The predicted octanol–water partition coefficient (Wildman–Crippen LogP) is 0.329. The highest BCUT2D eigenvalue weighted by molar-refractivity contribution is 7.84. The number of rotatable bonds is 4. The lowest BCUT2D eigenvalue weighted by Gasteiger charge is -2.02. The van der Waals surface area contributed by atoms with E-state index in [1.807, 2.05) is 0 Å². The van der Waals surface area contributed by atoms with E-state index in [0.29, 0.717) is 17.9 Å². The van der Waals surface area contributed by atoms with Crippen molar-refractivity contribution in [3.63, 3.8) is 0 Å². The second-order valence-electron chi connectivity index (χ2n) is 2.90. The fraction of sp³-hybridized carbons (Fsp3) is 0.333. The summed E-state index contributed by atoms with van der Waals surface area (Å²) in [6.45, 7) is 0.333. The molecule has 1 aromatic rings. The van der Waals surface area contributed by atoms with Crippen LogP contribution < -0.4 is 5.32 Å². The molecule has 15 heavy (non-hydrogen) atoms. The van der Waals surface area contributed by atoms with Gasteiger partial charge in [0.25, 0.3) is 5.91 Å². The quantitative estimate of drug-likeness (QED) is 0.758. The van der Waals surface area contributed by atoms with Gasteiger partial charge in [-0.2, -0.15) is 4.39 Å². The number of halogens is 1. The second kappa shape index (κ2) is 5.55. The van der Waals surface area contributed by atoms with E-state index in [2.05, 4.69) is 10.3 Å². The number of hydrogen-bond acceptors (Lipinski definition) is 3. The van der Waals surface area contributed by atoms with Crippen molar-refractivity contribution in [3.8, 4) is 0 Å². The van der Waals surface area contributed by atoms with Gasteiger partial charge < -0.3 is 5.32 Å². The van der Waals surface area contributed by atoms with Gasteiger partial charge in [0.05, 0.1) is 5.56 Å². The monoisotopic (exact) mass is 230 g/mol. The van der Waals surface area contributed by atoms with E-state index in [0.717, 1.165) is 12.3 Å². The first-order valence-electron chi connectivity index (χ1n) is 4.29. The molecule has 0 saturated carbocycles. The molecule has 1 rings (SSSR count). The van der Waals surface area contributed by atoms with E-state index in [-0.39, 0.29) is 5.91 Å². The third kappa shape index (κ3) is 4.16. The molecule has 0 aliphatic heterocycles. The Hall–Kier alpha value is -1.30. The van der Waals surface area contributed by atoms with E-state index in [1.54, 1.807) is 6.26 Å². The molecule has 0 aromatic carbocycles. The van der Waals surface area contributed by atoms with E-state index in [9.17, 15) is 13.4 Å². The second-order valence-corrected chi connectivity index (χ2v) is 4.46. The Balaban J connectivity index is 2.47. The molecule has 0 saturated heterocycles. The summed E-state index contributed by atoms with van der Waals surface area (Å²) in [5.41, 5.74) is 0.290. The molecule has 0 fully saturated rings. The van der Waals surface area contributed by atoms with E-state index in [1.165, 1.54) is 6.07 Å². The van der Waals surface area contributed by atoms with Crippen LogP contribution in [0.25, 0.3) is 0 Å². The molecule has 1 aromatic heterocycles. The standard InChI is InChI=1S/C9H11FN2O2S/c1-15(14)5-4-11-9(13)7-2-3-8(10)12-6-7/h2-3,6H,4-5H2,1H3,(H,11,13). The number of amides is 1. The van der Waals surface area contributed by atoms with Gasteiger partial charge in [-0.25, -0.2) is 4.98 Å². The van der Waals surface area contributed by atoms with Crippen LogP contribution in [0.15, 0.2) is 18.3 Å². The van der Waals surface area contributed by atoms with Crippen molar-refractivity contribution in [1.29, 1.82) is 0 Å². The van der Waals surface area contributed by atoms with Crippen LogP contribution in [-0.2, 0) is 10.8 Å². The first kappa shape index (κ1) is 11.8. The van der Waals surface area contributed by atoms with Crippen molar-refractivity contribution in [2.45, 2.75) is 0 Å². The summed E-state index contributed by atoms with van der Waals surface area (Å²) in [7, 11) is -0.932. The number of carbonyl (C=O) groups is 1. The Morgan fingerprint density at radius 2 is 2.33 bits per heavy atom. The number of hydrogen-bond donors (Lipinski definition) is 1. The van der Waals surface area contributed by atoms with Crippen molar-refractivity contribution in [2.75, 3.05) is 18.6 Å². The molecule has 0 aliphatic rings. The van der Waals surface area contributed by atoms with E-state index in [4.69, 9.17) is 0 Å².